The molecule has 1 atom stereocenters. The van der Waals surface area contributed by atoms with Crippen molar-refractivity contribution in [2.24, 2.45) is 0 Å². The number of nitrogens with zero attached hydrogens (tertiary/aromatic N) is 4. The van der Waals surface area contributed by atoms with E-state index in [-0.39, 0.29) is 6.04 Å². The second kappa shape index (κ2) is 4.80. The molecule has 0 radical (unpaired) electrons. The van der Waals surface area contributed by atoms with Gasteiger partial charge in [-0.05, 0) is 12.8 Å². The van der Waals surface area contributed by atoms with Gasteiger partial charge in [0.15, 0.2) is 11.5 Å². The van der Waals surface area contributed by atoms with Crippen molar-refractivity contribution in [3.8, 4) is 0 Å². The molecule has 1 aliphatic heterocycles. The Morgan fingerprint density at radius 1 is 1.40 bits per heavy atom. The normalized spacial score (nSPS) is 20.0. The molecule has 1 fully saturated rings. The van der Waals surface area contributed by atoms with Crippen LogP contribution in [0.2, 0.25) is 0 Å². The maximum Gasteiger partial charge on any atom is 0.435 e. The number of hydrogen-bond acceptors (Lipinski definition) is 3. The van der Waals surface area contributed by atoms with E-state index >= 15 is 0 Å². The third-order valence-corrected chi connectivity index (χ3v) is 3.84. The highest BCUT2D eigenvalue weighted by Gasteiger charge is 2.35. The fourth-order valence-corrected chi connectivity index (χ4v) is 2.86. The molecule has 0 N–H and O–H groups in total. The summed E-state index contributed by atoms with van der Waals surface area (Å²) in [7, 11) is 0. The standard InChI is InChI=1S/C12H12ClF3N4/c13-7-8-2-1-4-19(8)11-9-6-10(12(14,15)16)18-20(9)5-3-17-11/h3,5-6,8H,1-2,4,7H2. The molecule has 2 aromatic heterocycles. The van der Waals surface area contributed by atoms with Crippen molar-refractivity contribution >= 4 is 22.9 Å². The van der Waals surface area contributed by atoms with Gasteiger partial charge in [-0.15, -0.1) is 11.6 Å². The summed E-state index contributed by atoms with van der Waals surface area (Å²) in [5.74, 6) is 0.946. The van der Waals surface area contributed by atoms with Crippen LogP contribution in [0.1, 0.15) is 18.5 Å². The van der Waals surface area contributed by atoms with Crippen molar-refractivity contribution in [3.05, 3.63) is 24.2 Å². The summed E-state index contributed by atoms with van der Waals surface area (Å²) in [4.78, 5) is 6.18. The SMILES string of the molecule is FC(F)(F)c1cc2c(N3CCCC3CCl)nccn2n1. The number of hydrogen-bond donors (Lipinski definition) is 0. The number of halogens is 4. The van der Waals surface area contributed by atoms with Crippen LogP contribution in [0, 0.1) is 0 Å². The molecule has 3 rings (SSSR count). The molecule has 0 spiro atoms. The van der Waals surface area contributed by atoms with Crippen molar-refractivity contribution in [1.29, 1.82) is 0 Å². The molecule has 8 heteroatoms. The first-order valence-electron chi connectivity index (χ1n) is 6.25. The Balaban J connectivity index is 2.09. The minimum Gasteiger partial charge on any atom is -0.351 e. The lowest BCUT2D eigenvalue weighted by molar-refractivity contribution is -0.141. The van der Waals surface area contributed by atoms with Crippen LogP contribution in [0.15, 0.2) is 18.5 Å². The summed E-state index contributed by atoms with van der Waals surface area (Å²) in [6.45, 7) is 0.747. The topological polar surface area (TPSA) is 33.4 Å². The highest BCUT2D eigenvalue weighted by atomic mass is 35.5. The van der Waals surface area contributed by atoms with Crippen LogP contribution in [-0.2, 0) is 6.18 Å². The highest BCUT2D eigenvalue weighted by Crippen LogP contribution is 2.33. The van der Waals surface area contributed by atoms with Crippen molar-refractivity contribution in [3.63, 3.8) is 0 Å². The third kappa shape index (κ3) is 2.19. The van der Waals surface area contributed by atoms with Crippen LogP contribution in [-0.4, -0.2) is 33.1 Å². The van der Waals surface area contributed by atoms with E-state index in [4.69, 9.17) is 11.6 Å². The van der Waals surface area contributed by atoms with Crippen LogP contribution in [0.25, 0.3) is 5.52 Å². The molecule has 0 aromatic carbocycles. The van der Waals surface area contributed by atoms with Gasteiger partial charge in [-0.1, -0.05) is 0 Å². The van der Waals surface area contributed by atoms with E-state index in [1.165, 1.54) is 16.9 Å². The lowest BCUT2D eigenvalue weighted by Gasteiger charge is -2.24. The number of alkyl halides is 4. The van der Waals surface area contributed by atoms with Crippen molar-refractivity contribution in [2.75, 3.05) is 17.3 Å². The Morgan fingerprint density at radius 3 is 2.90 bits per heavy atom. The molecule has 2 aromatic rings. The lowest BCUT2D eigenvalue weighted by atomic mass is 10.2. The van der Waals surface area contributed by atoms with Crippen LogP contribution >= 0.6 is 11.6 Å². The molecule has 0 amide bonds. The predicted molar refractivity (Wildman–Crippen MR) is 69.1 cm³/mol. The number of anilines is 1. The Labute approximate surface area is 118 Å². The molecule has 0 saturated carbocycles. The average molecular weight is 305 g/mol. The van der Waals surface area contributed by atoms with E-state index in [1.54, 1.807) is 0 Å². The molecule has 1 unspecified atom stereocenters. The first-order chi connectivity index (χ1) is 9.50. The first kappa shape index (κ1) is 13.5. The molecular formula is C12H12ClF3N4. The Morgan fingerprint density at radius 2 is 2.20 bits per heavy atom. The predicted octanol–water partition coefficient (Wildman–Crippen LogP) is 2.96. The summed E-state index contributed by atoms with van der Waals surface area (Å²) in [6, 6.07) is 1.14. The smallest absolute Gasteiger partial charge is 0.351 e. The van der Waals surface area contributed by atoms with Gasteiger partial charge in [-0.25, -0.2) is 9.50 Å². The zero-order valence-electron chi connectivity index (χ0n) is 10.4. The highest BCUT2D eigenvalue weighted by molar-refractivity contribution is 6.18. The molecule has 108 valence electrons. The molecule has 0 aliphatic carbocycles. The van der Waals surface area contributed by atoms with E-state index in [0.717, 1.165) is 25.5 Å². The van der Waals surface area contributed by atoms with Gasteiger partial charge in [-0.2, -0.15) is 18.3 Å². The maximum atomic E-state index is 12.7. The third-order valence-electron chi connectivity index (χ3n) is 3.49. The molecule has 4 nitrogen and oxygen atoms in total. The average Bonchev–Trinajstić information content (AvgIpc) is 3.03. The molecule has 0 bridgehead atoms. The minimum absolute atomic E-state index is 0.111. The molecule has 1 aliphatic rings. The van der Waals surface area contributed by atoms with Crippen LogP contribution < -0.4 is 4.90 Å². The van der Waals surface area contributed by atoms with Gasteiger partial charge in [0.25, 0.3) is 0 Å². The fraction of sp³-hybridized carbons (Fsp3) is 0.500. The summed E-state index contributed by atoms with van der Waals surface area (Å²) in [6.07, 6.45) is 0.298. The maximum absolute atomic E-state index is 12.7. The second-order valence-corrected chi connectivity index (χ2v) is 5.06. The fourth-order valence-electron chi connectivity index (χ4n) is 2.54. The Hall–Kier alpha value is -1.50. The van der Waals surface area contributed by atoms with E-state index in [0.29, 0.717) is 17.2 Å². The van der Waals surface area contributed by atoms with Gasteiger partial charge in [0.05, 0.1) is 0 Å². The number of rotatable bonds is 2. The second-order valence-electron chi connectivity index (χ2n) is 4.75. The van der Waals surface area contributed by atoms with Gasteiger partial charge in [0.1, 0.15) is 5.52 Å². The largest absolute Gasteiger partial charge is 0.435 e. The zero-order valence-corrected chi connectivity index (χ0v) is 11.2. The Kier molecular flexibility index (Phi) is 3.24. The van der Waals surface area contributed by atoms with Crippen LogP contribution in [0.5, 0.6) is 0 Å². The zero-order chi connectivity index (χ0) is 14.3. The van der Waals surface area contributed by atoms with Crippen molar-refractivity contribution in [2.45, 2.75) is 25.1 Å². The van der Waals surface area contributed by atoms with Crippen molar-refractivity contribution in [1.82, 2.24) is 14.6 Å². The van der Waals surface area contributed by atoms with Gasteiger partial charge in [0.2, 0.25) is 0 Å². The van der Waals surface area contributed by atoms with E-state index in [1.807, 2.05) is 4.90 Å². The minimum atomic E-state index is -4.46. The van der Waals surface area contributed by atoms with E-state index in [9.17, 15) is 13.2 Å². The molecule has 3 heterocycles. The Bertz CT molecular complexity index is 625. The molecule has 1 saturated heterocycles. The first-order valence-corrected chi connectivity index (χ1v) is 6.78. The molecule has 20 heavy (non-hydrogen) atoms. The van der Waals surface area contributed by atoms with Gasteiger partial charge in [0, 0.05) is 36.9 Å². The van der Waals surface area contributed by atoms with E-state index < -0.39 is 11.9 Å². The van der Waals surface area contributed by atoms with Gasteiger partial charge < -0.3 is 4.90 Å². The van der Waals surface area contributed by atoms with Crippen molar-refractivity contribution < 1.29 is 13.2 Å². The summed E-state index contributed by atoms with van der Waals surface area (Å²) < 4.78 is 39.5. The summed E-state index contributed by atoms with van der Waals surface area (Å²) in [5.41, 5.74) is -0.551. The number of aromatic nitrogens is 3. The summed E-state index contributed by atoms with van der Waals surface area (Å²) in [5, 5.41) is 3.56. The molecular weight excluding hydrogens is 293 g/mol. The monoisotopic (exact) mass is 304 g/mol. The van der Waals surface area contributed by atoms with E-state index in [2.05, 4.69) is 10.1 Å². The lowest BCUT2D eigenvalue weighted by Crippen LogP contribution is -2.31. The summed E-state index contributed by atoms with van der Waals surface area (Å²) >= 11 is 5.91. The number of fused-ring (bicyclic) bond motifs is 1. The quantitative estimate of drug-likeness (QED) is 0.800. The van der Waals surface area contributed by atoms with Crippen LogP contribution in [0.4, 0.5) is 19.0 Å². The van der Waals surface area contributed by atoms with Crippen LogP contribution in [0.3, 0.4) is 0 Å². The van der Waals surface area contributed by atoms with Gasteiger partial charge in [-0.3, -0.25) is 0 Å². The van der Waals surface area contributed by atoms with Gasteiger partial charge >= 0.3 is 6.18 Å².